The van der Waals surface area contributed by atoms with E-state index in [1.807, 2.05) is 31.2 Å². The Balaban J connectivity index is 1.37. The van der Waals surface area contributed by atoms with Crippen LogP contribution in [0.3, 0.4) is 0 Å². The van der Waals surface area contributed by atoms with Gasteiger partial charge in [-0.15, -0.1) is 11.3 Å². The predicted molar refractivity (Wildman–Crippen MR) is 168 cm³/mol. The first kappa shape index (κ1) is 33.0. The molecule has 244 valence electrons. The Bertz CT molecular complexity index is 1420. The molecule has 3 aliphatic rings. The van der Waals surface area contributed by atoms with Crippen LogP contribution in [-0.2, 0) is 19.2 Å². The third kappa shape index (κ3) is 7.53. The van der Waals surface area contributed by atoms with Crippen LogP contribution in [-0.4, -0.2) is 100 Å². The van der Waals surface area contributed by atoms with Crippen LogP contribution < -0.4 is 16.0 Å². The number of aromatic nitrogens is 1. The highest BCUT2D eigenvalue weighted by Gasteiger charge is 2.53. The molecule has 0 bridgehead atoms. The molecular formula is C32H43FN6O5S. The number of nitrogens with zero attached hydrogens (tertiary/aromatic N) is 3. The Morgan fingerprint density at radius 1 is 1.13 bits per heavy atom. The molecule has 1 saturated carbocycles. The molecule has 1 aromatic heterocycles. The van der Waals surface area contributed by atoms with Crippen molar-refractivity contribution in [2.75, 3.05) is 32.7 Å². The SMILES string of the molecule is Cc1ncsc1-c1ccc([C@H](CC(=O)N2CCNCC2)NC(=O)[C@@H]2C[C@@H](O)CN2C(=O)[C@@H](NC(=O)C2(F)CC2)C(C)(C)C)cc1. The molecule has 1 aromatic carbocycles. The number of aryl methyl sites for hydroxylation is 1. The van der Waals surface area contributed by atoms with Crippen LogP contribution in [0.2, 0.25) is 0 Å². The number of thiazole rings is 1. The molecule has 0 unspecified atom stereocenters. The van der Waals surface area contributed by atoms with E-state index < -0.39 is 53.0 Å². The molecule has 1 aliphatic carbocycles. The largest absolute Gasteiger partial charge is 0.391 e. The van der Waals surface area contributed by atoms with Crippen molar-refractivity contribution >= 4 is 35.0 Å². The number of likely N-dealkylation sites (tertiary alicyclic amines) is 1. The number of aliphatic hydroxyl groups excluding tert-OH is 1. The lowest BCUT2D eigenvalue weighted by molar-refractivity contribution is -0.145. The fourth-order valence-corrected chi connectivity index (χ4v) is 6.71. The average Bonchev–Trinajstić information content (AvgIpc) is 3.42. The van der Waals surface area contributed by atoms with Gasteiger partial charge in [-0.1, -0.05) is 45.0 Å². The highest BCUT2D eigenvalue weighted by molar-refractivity contribution is 7.13. The van der Waals surface area contributed by atoms with E-state index in [2.05, 4.69) is 20.9 Å². The van der Waals surface area contributed by atoms with Crippen LogP contribution in [0.25, 0.3) is 10.4 Å². The maximum Gasteiger partial charge on any atom is 0.258 e. The van der Waals surface area contributed by atoms with Crippen molar-refractivity contribution in [3.8, 4) is 10.4 Å². The summed E-state index contributed by atoms with van der Waals surface area (Å²) in [5.41, 5.74) is 1.65. The summed E-state index contributed by atoms with van der Waals surface area (Å²) in [5.74, 6) is -2.00. The number of benzene rings is 1. The number of rotatable bonds is 9. The van der Waals surface area contributed by atoms with E-state index in [0.717, 1.165) is 21.7 Å². The van der Waals surface area contributed by atoms with Gasteiger partial charge in [0.1, 0.15) is 12.1 Å². The van der Waals surface area contributed by atoms with Gasteiger partial charge in [0, 0.05) is 39.1 Å². The second-order valence-electron chi connectivity index (χ2n) is 13.4. The third-order valence-electron chi connectivity index (χ3n) is 8.83. The van der Waals surface area contributed by atoms with Crippen LogP contribution in [0.4, 0.5) is 4.39 Å². The number of nitrogens with one attached hydrogen (secondary N) is 3. The Labute approximate surface area is 266 Å². The minimum atomic E-state index is -1.97. The summed E-state index contributed by atoms with van der Waals surface area (Å²) < 4.78 is 14.5. The van der Waals surface area contributed by atoms with E-state index in [4.69, 9.17) is 0 Å². The molecule has 45 heavy (non-hydrogen) atoms. The van der Waals surface area contributed by atoms with Gasteiger partial charge in [-0.2, -0.15) is 0 Å². The number of hydrogen-bond donors (Lipinski definition) is 4. The zero-order valence-corrected chi connectivity index (χ0v) is 27.1. The molecule has 4 atom stereocenters. The minimum Gasteiger partial charge on any atom is -0.391 e. The zero-order chi connectivity index (χ0) is 32.5. The predicted octanol–water partition coefficient (Wildman–Crippen LogP) is 2.09. The standard InChI is InChI=1S/C32H43FN6O5S/c1-19-26(45-18-35-19)21-7-5-20(6-8-21)23(16-25(41)38-13-11-34-12-14-38)36-28(42)24-15-22(40)17-39(24)29(43)27(31(2,3)4)37-30(44)32(33)9-10-32/h5-8,18,22-24,27,34,40H,9-17H2,1-4H3,(H,36,42)(H,37,44)/t22-,23+,24+,27-/m1/s1. The second kappa shape index (κ2) is 13.1. The molecule has 5 rings (SSSR count). The number of halogens is 1. The molecule has 4 amide bonds. The number of carbonyl (C=O) groups excluding carboxylic acids is 4. The number of hydrogen-bond acceptors (Lipinski definition) is 8. The van der Waals surface area contributed by atoms with Crippen LogP contribution in [0.15, 0.2) is 29.8 Å². The van der Waals surface area contributed by atoms with E-state index in [1.54, 1.807) is 31.2 Å². The van der Waals surface area contributed by atoms with Gasteiger partial charge >= 0.3 is 0 Å². The number of β-amino-alcohol motifs (C(OH)–C–C–N with tert-alkyl or cyclic N) is 1. The fraction of sp³-hybridized carbons (Fsp3) is 0.594. The van der Waals surface area contributed by atoms with Gasteiger partial charge < -0.3 is 30.9 Å². The van der Waals surface area contributed by atoms with Gasteiger partial charge in [0.25, 0.3) is 5.91 Å². The van der Waals surface area contributed by atoms with Crippen LogP contribution in [0, 0.1) is 12.3 Å². The van der Waals surface area contributed by atoms with E-state index in [9.17, 15) is 28.7 Å². The minimum absolute atomic E-state index is 0.00250. The normalized spacial score (nSPS) is 22.4. The van der Waals surface area contributed by atoms with Gasteiger partial charge in [-0.3, -0.25) is 19.2 Å². The van der Waals surface area contributed by atoms with Crippen molar-refractivity contribution < 1.29 is 28.7 Å². The molecule has 0 radical (unpaired) electrons. The molecule has 2 aromatic rings. The topological polar surface area (TPSA) is 144 Å². The quantitative estimate of drug-likeness (QED) is 0.328. The Hall–Kier alpha value is -3.42. The molecular weight excluding hydrogens is 599 g/mol. The fourth-order valence-electron chi connectivity index (χ4n) is 5.90. The van der Waals surface area contributed by atoms with Crippen molar-refractivity contribution in [1.29, 1.82) is 0 Å². The Morgan fingerprint density at radius 2 is 1.80 bits per heavy atom. The summed E-state index contributed by atoms with van der Waals surface area (Å²) >= 11 is 1.53. The molecule has 3 heterocycles. The van der Waals surface area contributed by atoms with E-state index >= 15 is 0 Å². The molecule has 3 fully saturated rings. The Kier molecular flexibility index (Phi) is 9.62. The summed E-state index contributed by atoms with van der Waals surface area (Å²) in [6, 6.07) is 4.81. The summed E-state index contributed by atoms with van der Waals surface area (Å²) in [7, 11) is 0. The molecule has 0 spiro atoms. The van der Waals surface area contributed by atoms with Gasteiger partial charge in [-0.25, -0.2) is 9.37 Å². The molecule has 2 saturated heterocycles. The maximum absolute atomic E-state index is 14.5. The summed E-state index contributed by atoms with van der Waals surface area (Å²) in [6.07, 6.45) is -0.725. The van der Waals surface area contributed by atoms with Crippen LogP contribution >= 0.6 is 11.3 Å². The summed E-state index contributed by atoms with van der Waals surface area (Å²) in [6.45, 7) is 9.62. The smallest absolute Gasteiger partial charge is 0.258 e. The lowest BCUT2D eigenvalue weighted by Crippen LogP contribution is -2.59. The molecule has 13 heteroatoms. The molecule has 11 nitrogen and oxygen atoms in total. The van der Waals surface area contributed by atoms with E-state index in [1.165, 1.54) is 16.2 Å². The number of aliphatic hydroxyl groups is 1. The van der Waals surface area contributed by atoms with Crippen molar-refractivity contribution in [3.05, 3.63) is 41.0 Å². The lowest BCUT2D eigenvalue weighted by atomic mass is 9.85. The first-order valence-electron chi connectivity index (χ1n) is 15.5. The number of amides is 4. The first-order chi connectivity index (χ1) is 21.3. The van der Waals surface area contributed by atoms with Crippen LogP contribution in [0.5, 0.6) is 0 Å². The lowest BCUT2D eigenvalue weighted by Gasteiger charge is -2.36. The Morgan fingerprint density at radius 3 is 2.38 bits per heavy atom. The number of alkyl halides is 1. The van der Waals surface area contributed by atoms with E-state index in [-0.39, 0.29) is 38.1 Å². The van der Waals surface area contributed by atoms with Gasteiger partial charge in [0.15, 0.2) is 5.67 Å². The van der Waals surface area contributed by atoms with Gasteiger partial charge in [0.2, 0.25) is 17.7 Å². The van der Waals surface area contributed by atoms with Gasteiger partial charge in [-0.05, 0) is 36.3 Å². The van der Waals surface area contributed by atoms with Crippen molar-refractivity contribution in [1.82, 2.24) is 30.7 Å². The number of piperazine rings is 1. The third-order valence-corrected chi connectivity index (χ3v) is 9.81. The van der Waals surface area contributed by atoms with Gasteiger partial charge in [0.05, 0.1) is 34.6 Å². The maximum atomic E-state index is 14.5. The highest BCUT2D eigenvalue weighted by atomic mass is 32.1. The van der Waals surface area contributed by atoms with Crippen molar-refractivity contribution in [2.45, 2.75) is 83.3 Å². The summed E-state index contributed by atoms with van der Waals surface area (Å²) in [5, 5.41) is 19.4. The van der Waals surface area contributed by atoms with Crippen molar-refractivity contribution in [3.63, 3.8) is 0 Å². The van der Waals surface area contributed by atoms with Crippen LogP contribution in [0.1, 0.15) is 63.8 Å². The average molecular weight is 643 g/mol. The highest BCUT2D eigenvalue weighted by Crippen LogP contribution is 2.40. The molecule has 4 N–H and O–H groups in total. The molecule has 2 aliphatic heterocycles. The monoisotopic (exact) mass is 642 g/mol. The first-order valence-corrected chi connectivity index (χ1v) is 16.4. The number of carbonyl (C=O) groups is 4. The second-order valence-corrected chi connectivity index (χ2v) is 14.3. The van der Waals surface area contributed by atoms with Crippen molar-refractivity contribution in [2.24, 2.45) is 5.41 Å². The zero-order valence-electron chi connectivity index (χ0n) is 26.3. The van der Waals surface area contributed by atoms with E-state index in [0.29, 0.717) is 26.2 Å². The summed E-state index contributed by atoms with van der Waals surface area (Å²) in [4.78, 5) is 62.2.